The van der Waals surface area contributed by atoms with Gasteiger partial charge in [-0.25, -0.2) is 0 Å². The van der Waals surface area contributed by atoms with Gasteiger partial charge in [-0.15, -0.1) is 0 Å². The molecule has 0 heterocycles. The van der Waals surface area contributed by atoms with Crippen LogP contribution in [0.2, 0.25) is 0 Å². The number of anilines is 1. The van der Waals surface area contributed by atoms with Crippen molar-refractivity contribution in [1.82, 2.24) is 0 Å². The highest BCUT2D eigenvalue weighted by Crippen LogP contribution is 2.24. The van der Waals surface area contributed by atoms with Gasteiger partial charge in [0.15, 0.2) is 0 Å². The Balaban J connectivity index is 1.83. The number of methoxy groups -OCH3 is 1. The van der Waals surface area contributed by atoms with Gasteiger partial charge in [0.25, 0.3) is 0 Å². The fourth-order valence-electron chi connectivity index (χ4n) is 1.95. The second-order valence-corrected chi connectivity index (χ2v) is 4.85. The van der Waals surface area contributed by atoms with E-state index >= 15 is 0 Å². The molecule has 0 unspecified atom stereocenters. The smallest absolute Gasteiger partial charge is 0.122 e. The molecule has 2 aromatic rings. The standard InChI is InChI=1S/C17H21NO3/c1-12-11-17(13(2)10-16(12)18)21-9-8-20-15-6-4-14(19-3)5-7-15/h4-7,10-11H,8-9,18H2,1-3H3. The highest BCUT2D eigenvalue weighted by Gasteiger charge is 2.03. The second kappa shape index (κ2) is 6.88. The van der Waals surface area contributed by atoms with Crippen molar-refractivity contribution in [3.63, 3.8) is 0 Å². The maximum Gasteiger partial charge on any atom is 0.122 e. The zero-order valence-electron chi connectivity index (χ0n) is 12.7. The molecular weight excluding hydrogens is 266 g/mol. The van der Waals surface area contributed by atoms with Gasteiger partial charge in [-0.1, -0.05) is 0 Å². The summed E-state index contributed by atoms with van der Waals surface area (Å²) in [7, 11) is 1.64. The number of hydrogen-bond acceptors (Lipinski definition) is 4. The van der Waals surface area contributed by atoms with E-state index in [-0.39, 0.29) is 0 Å². The lowest BCUT2D eigenvalue weighted by atomic mass is 10.1. The van der Waals surface area contributed by atoms with Crippen LogP contribution in [0, 0.1) is 13.8 Å². The van der Waals surface area contributed by atoms with Gasteiger partial charge in [0.1, 0.15) is 30.5 Å². The molecule has 0 aromatic heterocycles. The van der Waals surface area contributed by atoms with E-state index in [1.54, 1.807) is 7.11 Å². The van der Waals surface area contributed by atoms with Crippen molar-refractivity contribution >= 4 is 5.69 Å². The lowest BCUT2D eigenvalue weighted by Crippen LogP contribution is -2.10. The Morgan fingerprint density at radius 3 is 2.14 bits per heavy atom. The molecule has 0 aliphatic rings. The Kier molecular flexibility index (Phi) is 4.93. The van der Waals surface area contributed by atoms with Gasteiger partial charge in [-0.2, -0.15) is 0 Å². The number of nitrogens with two attached hydrogens (primary N) is 1. The minimum Gasteiger partial charge on any atom is -0.497 e. The fourth-order valence-corrected chi connectivity index (χ4v) is 1.95. The first-order valence-electron chi connectivity index (χ1n) is 6.86. The third-order valence-corrected chi connectivity index (χ3v) is 3.23. The van der Waals surface area contributed by atoms with E-state index in [0.29, 0.717) is 13.2 Å². The van der Waals surface area contributed by atoms with Crippen LogP contribution in [0.4, 0.5) is 5.69 Å². The molecule has 0 saturated carbocycles. The fraction of sp³-hybridized carbons (Fsp3) is 0.294. The van der Waals surface area contributed by atoms with Gasteiger partial charge < -0.3 is 19.9 Å². The van der Waals surface area contributed by atoms with Crippen LogP contribution in [-0.4, -0.2) is 20.3 Å². The first-order chi connectivity index (χ1) is 10.1. The minimum atomic E-state index is 0.481. The zero-order chi connectivity index (χ0) is 15.2. The molecule has 0 amide bonds. The van der Waals surface area contributed by atoms with Crippen LogP contribution in [0.25, 0.3) is 0 Å². The van der Waals surface area contributed by atoms with E-state index in [9.17, 15) is 0 Å². The highest BCUT2D eigenvalue weighted by molar-refractivity contribution is 5.53. The van der Waals surface area contributed by atoms with Crippen molar-refractivity contribution in [3.05, 3.63) is 47.5 Å². The highest BCUT2D eigenvalue weighted by atomic mass is 16.5. The summed E-state index contributed by atoms with van der Waals surface area (Å²) < 4.78 is 16.4. The third-order valence-electron chi connectivity index (χ3n) is 3.23. The van der Waals surface area contributed by atoms with Gasteiger partial charge in [0.2, 0.25) is 0 Å². The molecule has 4 heteroatoms. The average molecular weight is 287 g/mol. The molecule has 0 atom stereocenters. The lowest BCUT2D eigenvalue weighted by molar-refractivity contribution is 0.216. The van der Waals surface area contributed by atoms with Crippen LogP contribution in [0.3, 0.4) is 0 Å². The van der Waals surface area contributed by atoms with Crippen LogP contribution in [-0.2, 0) is 0 Å². The van der Waals surface area contributed by atoms with Crippen LogP contribution < -0.4 is 19.9 Å². The number of rotatable bonds is 6. The zero-order valence-corrected chi connectivity index (χ0v) is 12.7. The van der Waals surface area contributed by atoms with Gasteiger partial charge in [-0.05, 0) is 61.4 Å². The third kappa shape index (κ3) is 4.05. The van der Waals surface area contributed by atoms with Gasteiger partial charge in [-0.3, -0.25) is 0 Å². The SMILES string of the molecule is COc1ccc(OCCOc2cc(C)c(N)cc2C)cc1. The van der Waals surface area contributed by atoms with Gasteiger partial charge >= 0.3 is 0 Å². The summed E-state index contributed by atoms with van der Waals surface area (Å²) in [6.07, 6.45) is 0. The topological polar surface area (TPSA) is 53.7 Å². The summed E-state index contributed by atoms with van der Waals surface area (Å²) in [5, 5.41) is 0. The van der Waals surface area contributed by atoms with Crippen molar-refractivity contribution in [1.29, 1.82) is 0 Å². The van der Waals surface area contributed by atoms with Crippen molar-refractivity contribution in [2.75, 3.05) is 26.1 Å². The molecule has 2 rings (SSSR count). The summed E-state index contributed by atoms with van der Waals surface area (Å²) in [5.41, 5.74) is 8.69. The van der Waals surface area contributed by atoms with Crippen molar-refractivity contribution in [2.24, 2.45) is 0 Å². The molecule has 112 valence electrons. The monoisotopic (exact) mass is 287 g/mol. The summed E-state index contributed by atoms with van der Waals surface area (Å²) in [4.78, 5) is 0. The van der Waals surface area contributed by atoms with E-state index in [1.807, 2.05) is 50.2 Å². The van der Waals surface area contributed by atoms with E-state index in [1.165, 1.54) is 0 Å². The quantitative estimate of drug-likeness (QED) is 0.654. The molecule has 21 heavy (non-hydrogen) atoms. The molecular formula is C17H21NO3. The Morgan fingerprint density at radius 2 is 1.48 bits per heavy atom. The molecule has 4 nitrogen and oxygen atoms in total. The molecule has 0 fully saturated rings. The Labute approximate surface area is 125 Å². The largest absolute Gasteiger partial charge is 0.497 e. The summed E-state index contributed by atoms with van der Waals surface area (Å²) in [6.45, 7) is 4.91. The van der Waals surface area contributed by atoms with Crippen molar-refractivity contribution < 1.29 is 14.2 Å². The van der Waals surface area contributed by atoms with Gasteiger partial charge in [0.05, 0.1) is 7.11 Å². The van der Waals surface area contributed by atoms with E-state index in [2.05, 4.69) is 0 Å². The molecule has 0 spiro atoms. The summed E-state index contributed by atoms with van der Waals surface area (Å²) in [6, 6.07) is 11.4. The number of benzene rings is 2. The maximum absolute atomic E-state index is 5.85. The Hall–Kier alpha value is -2.36. The number of hydrogen-bond donors (Lipinski definition) is 1. The molecule has 0 saturated heterocycles. The van der Waals surface area contributed by atoms with Crippen LogP contribution in [0.15, 0.2) is 36.4 Å². The van der Waals surface area contributed by atoms with Gasteiger partial charge in [0, 0.05) is 5.69 Å². The van der Waals surface area contributed by atoms with E-state index in [0.717, 1.165) is 34.1 Å². The Morgan fingerprint density at radius 1 is 0.857 bits per heavy atom. The number of ether oxygens (including phenoxy) is 3. The van der Waals surface area contributed by atoms with Crippen molar-refractivity contribution in [3.8, 4) is 17.2 Å². The minimum absolute atomic E-state index is 0.481. The second-order valence-electron chi connectivity index (χ2n) is 4.85. The molecule has 2 aromatic carbocycles. The van der Waals surface area contributed by atoms with Crippen LogP contribution in [0.1, 0.15) is 11.1 Å². The average Bonchev–Trinajstić information content (AvgIpc) is 2.49. The number of aryl methyl sites for hydroxylation is 2. The van der Waals surface area contributed by atoms with E-state index < -0.39 is 0 Å². The molecule has 0 bridgehead atoms. The summed E-state index contributed by atoms with van der Waals surface area (Å²) >= 11 is 0. The first-order valence-corrected chi connectivity index (χ1v) is 6.86. The Bertz CT molecular complexity index is 594. The molecule has 0 aliphatic heterocycles. The normalized spacial score (nSPS) is 10.2. The summed E-state index contributed by atoms with van der Waals surface area (Å²) in [5.74, 6) is 2.45. The predicted molar refractivity (Wildman–Crippen MR) is 84.3 cm³/mol. The maximum atomic E-state index is 5.85. The number of nitrogen functional groups attached to an aromatic ring is 1. The van der Waals surface area contributed by atoms with E-state index in [4.69, 9.17) is 19.9 Å². The van der Waals surface area contributed by atoms with Crippen LogP contribution >= 0.6 is 0 Å². The molecule has 0 radical (unpaired) electrons. The van der Waals surface area contributed by atoms with Crippen LogP contribution in [0.5, 0.6) is 17.2 Å². The predicted octanol–water partition coefficient (Wildman–Crippen LogP) is 3.35. The molecule has 2 N–H and O–H groups in total. The lowest BCUT2D eigenvalue weighted by Gasteiger charge is -2.12. The molecule has 0 aliphatic carbocycles. The van der Waals surface area contributed by atoms with Crippen molar-refractivity contribution in [2.45, 2.75) is 13.8 Å². The first kappa shape index (κ1) is 15.0.